The summed E-state index contributed by atoms with van der Waals surface area (Å²) < 4.78 is 5.95. The van der Waals surface area contributed by atoms with Crippen molar-refractivity contribution in [3.8, 4) is 0 Å². The highest BCUT2D eigenvalue weighted by Gasteiger charge is 2.32. The second-order valence-electron chi connectivity index (χ2n) is 5.24. The highest BCUT2D eigenvalue weighted by atomic mass is 16.5. The number of hydrogen-bond donors (Lipinski definition) is 1. The largest absolute Gasteiger partial charge is 0.376 e. The molecule has 2 nitrogen and oxygen atoms in total. The van der Waals surface area contributed by atoms with Crippen molar-refractivity contribution >= 4 is 0 Å². The summed E-state index contributed by atoms with van der Waals surface area (Å²) in [5.74, 6) is 0.638. The van der Waals surface area contributed by atoms with Crippen LogP contribution in [0.2, 0.25) is 0 Å². The van der Waals surface area contributed by atoms with E-state index in [0.29, 0.717) is 18.1 Å². The van der Waals surface area contributed by atoms with Crippen LogP contribution in [0, 0.1) is 5.92 Å². The first kappa shape index (κ1) is 13.6. The van der Waals surface area contributed by atoms with Gasteiger partial charge in [0.05, 0.1) is 12.1 Å². The molecule has 1 aliphatic heterocycles. The summed E-state index contributed by atoms with van der Waals surface area (Å²) in [5, 5.41) is 3.60. The van der Waals surface area contributed by atoms with Crippen molar-refractivity contribution < 1.29 is 4.74 Å². The monoisotopic (exact) mass is 247 g/mol. The summed E-state index contributed by atoms with van der Waals surface area (Å²) in [4.78, 5) is 0. The van der Waals surface area contributed by atoms with Gasteiger partial charge in [0.25, 0.3) is 0 Å². The summed E-state index contributed by atoms with van der Waals surface area (Å²) in [6, 6.07) is 9.24. The van der Waals surface area contributed by atoms with Gasteiger partial charge in [-0.2, -0.15) is 0 Å². The average Bonchev–Trinajstić information content (AvgIpc) is 2.82. The van der Waals surface area contributed by atoms with E-state index in [-0.39, 0.29) is 0 Å². The third kappa shape index (κ3) is 2.93. The predicted molar refractivity (Wildman–Crippen MR) is 75.8 cm³/mol. The SMILES string of the molecule is CCNC(c1cccc(CC)c1)C1OCCC1C. The smallest absolute Gasteiger partial charge is 0.0795 e. The standard InChI is InChI=1S/C16H25NO/c1-4-13-7-6-8-14(11-13)15(17-5-2)16-12(3)9-10-18-16/h6-8,11-12,15-17H,4-5,9-10H2,1-3H3. The lowest BCUT2D eigenvalue weighted by Gasteiger charge is -2.27. The van der Waals surface area contributed by atoms with E-state index in [9.17, 15) is 0 Å². The first-order valence-corrected chi connectivity index (χ1v) is 7.20. The van der Waals surface area contributed by atoms with Crippen LogP contribution in [0.5, 0.6) is 0 Å². The lowest BCUT2D eigenvalue weighted by molar-refractivity contribution is 0.0612. The van der Waals surface area contributed by atoms with Gasteiger partial charge in [-0.15, -0.1) is 0 Å². The van der Waals surface area contributed by atoms with Crippen LogP contribution in [0.1, 0.15) is 44.4 Å². The van der Waals surface area contributed by atoms with Crippen molar-refractivity contribution in [1.29, 1.82) is 0 Å². The van der Waals surface area contributed by atoms with Gasteiger partial charge in [0.15, 0.2) is 0 Å². The number of aryl methyl sites for hydroxylation is 1. The molecule has 1 saturated heterocycles. The maximum Gasteiger partial charge on any atom is 0.0795 e. The van der Waals surface area contributed by atoms with Gasteiger partial charge in [0, 0.05) is 6.61 Å². The van der Waals surface area contributed by atoms with Crippen LogP contribution in [0.4, 0.5) is 0 Å². The second kappa shape index (κ2) is 6.35. The maximum atomic E-state index is 5.95. The Bertz CT molecular complexity index is 377. The Labute approximate surface area is 111 Å². The van der Waals surface area contributed by atoms with Crippen LogP contribution in [-0.4, -0.2) is 19.3 Å². The number of benzene rings is 1. The Morgan fingerprint density at radius 3 is 2.83 bits per heavy atom. The minimum Gasteiger partial charge on any atom is -0.376 e. The molecule has 1 N–H and O–H groups in total. The zero-order chi connectivity index (χ0) is 13.0. The van der Waals surface area contributed by atoms with Crippen molar-refractivity contribution in [1.82, 2.24) is 5.32 Å². The second-order valence-corrected chi connectivity index (χ2v) is 5.24. The van der Waals surface area contributed by atoms with Crippen LogP contribution >= 0.6 is 0 Å². The number of hydrogen-bond acceptors (Lipinski definition) is 2. The quantitative estimate of drug-likeness (QED) is 0.862. The van der Waals surface area contributed by atoms with Crippen molar-refractivity contribution in [3.05, 3.63) is 35.4 Å². The van der Waals surface area contributed by atoms with Crippen LogP contribution in [0.15, 0.2) is 24.3 Å². The number of likely N-dealkylation sites (N-methyl/N-ethyl adjacent to an activating group) is 1. The van der Waals surface area contributed by atoms with Gasteiger partial charge >= 0.3 is 0 Å². The molecule has 2 heteroatoms. The summed E-state index contributed by atoms with van der Waals surface area (Å²) in [7, 11) is 0. The van der Waals surface area contributed by atoms with E-state index in [2.05, 4.69) is 50.4 Å². The molecule has 0 spiro atoms. The third-order valence-electron chi connectivity index (χ3n) is 3.92. The molecule has 1 aromatic carbocycles. The minimum absolute atomic E-state index is 0.317. The Morgan fingerprint density at radius 1 is 1.39 bits per heavy atom. The molecular formula is C16H25NO. The normalized spacial score (nSPS) is 25.3. The van der Waals surface area contributed by atoms with E-state index in [1.807, 2.05) is 0 Å². The van der Waals surface area contributed by atoms with E-state index in [1.54, 1.807) is 0 Å². The van der Waals surface area contributed by atoms with E-state index < -0.39 is 0 Å². The summed E-state index contributed by atoms with van der Waals surface area (Å²) in [5.41, 5.74) is 2.77. The lowest BCUT2D eigenvalue weighted by Crippen LogP contribution is -2.34. The zero-order valence-electron chi connectivity index (χ0n) is 11.8. The third-order valence-corrected chi connectivity index (χ3v) is 3.92. The van der Waals surface area contributed by atoms with Gasteiger partial charge < -0.3 is 10.1 Å². The van der Waals surface area contributed by atoms with Crippen LogP contribution < -0.4 is 5.32 Å². The summed E-state index contributed by atoms with van der Waals surface area (Å²) in [6.45, 7) is 8.55. The Hall–Kier alpha value is -0.860. The van der Waals surface area contributed by atoms with Gasteiger partial charge in [-0.3, -0.25) is 0 Å². The highest BCUT2D eigenvalue weighted by Crippen LogP contribution is 2.31. The molecule has 0 amide bonds. The molecule has 0 saturated carbocycles. The first-order valence-electron chi connectivity index (χ1n) is 7.20. The Morgan fingerprint density at radius 2 is 2.22 bits per heavy atom. The van der Waals surface area contributed by atoms with Crippen molar-refractivity contribution in [2.45, 2.75) is 45.8 Å². The Balaban J connectivity index is 2.22. The molecule has 1 fully saturated rings. The molecule has 18 heavy (non-hydrogen) atoms. The molecule has 100 valence electrons. The number of rotatable bonds is 5. The fourth-order valence-electron chi connectivity index (χ4n) is 2.79. The topological polar surface area (TPSA) is 21.3 Å². The minimum atomic E-state index is 0.317. The highest BCUT2D eigenvalue weighted by molar-refractivity contribution is 5.27. The molecular weight excluding hydrogens is 222 g/mol. The molecule has 0 aromatic heterocycles. The van der Waals surface area contributed by atoms with Gasteiger partial charge in [0.1, 0.15) is 0 Å². The van der Waals surface area contributed by atoms with E-state index >= 15 is 0 Å². The van der Waals surface area contributed by atoms with E-state index in [4.69, 9.17) is 4.74 Å². The molecule has 0 aliphatic carbocycles. The zero-order valence-corrected chi connectivity index (χ0v) is 11.8. The fourth-order valence-corrected chi connectivity index (χ4v) is 2.79. The summed E-state index contributed by atoms with van der Waals surface area (Å²) >= 11 is 0. The first-order chi connectivity index (χ1) is 8.76. The van der Waals surface area contributed by atoms with Gasteiger partial charge in [-0.1, -0.05) is 45.0 Å². The van der Waals surface area contributed by atoms with Gasteiger partial charge in [0.2, 0.25) is 0 Å². The number of ether oxygens (including phenoxy) is 1. The van der Waals surface area contributed by atoms with Gasteiger partial charge in [-0.25, -0.2) is 0 Å². The molecule has 3 unspecified atom stereocenters. The van der Waals surface area contributed by atoms with Crippen molar-refractivity contribution in [3.63, 3.8) is 0 Å². The van der Waals surface area contributed by atoms with E-state index in [0.717, 1.165) is 19.6 Å². The molecule has 2 rings (SSSR count). The molecule has 0 bridgehead atoms. The lowest BCUT2D eigenvalue weighted by atomic mass is 9.91. The van der Waals surface area contributed by atoms with Crippen LogP contribution in [0.3, 0.4) is 0 Å². The molecule has 1 aromatic rings. The number of nitrogens with one attached hydrogen (secondary N) is 1. The van der Waals surface area contributed by atoms with Crippen molar-refractivity contribution in [2.75, 3.05) is 13.2 Å². The Kier molecular flexibility index (Phi) is 4.79. The van der Waals surface area contributed by atoms with Crippen molar-refractivity contribution in [2.24, 2.45) is 5.92 Å². The molecule has 1 heterocycles. The van der Waals surface area contributed by atoms with Gasteiger partial charge in [-0.05, 0) is 36.4 Å². The molecule has 1 aliphatic rings. The summed E-state index contributed by atoms with van der Waals surface area (Å²) in [6.07, 6.45) is 2.59. The van der Waals surface area contributed by atoms with Crippen LogP contribution in [0.25, 0.3) is 0 Å². The predicted octanol–water partition coefficient (Wildman–Crippen LogP) is 3.32. The van der Waals surface area contributed by atoms with Crippen LogP contribution in [-0.2, 0) is 11.2 Å². The fraction of sp³-hybridized carbons (Fsp3) is 0.625. The maximum absolute atomic E-state index is 5.95. The van der Waals surface area contributed by atoms with E-state index in [1.165, 1.54) is 17.5 Å². The molecule has 0 radical (unpaired) electrons. The average molecular weight is 247 g/mol. The molecule has 3 atom stereocenters.